The SMILES string of the molecule is CC(C)(C(=O)O)c1cc(C(=O)c2ccccn2)cc([N+](=O)[O-])c1C(C)(C)C(=O)O. The average Bonchev–Trinajstić information content (AvgIpc) is 2.66. The highest BCUT2D eigenvalue weighted by Crippen LogP contribution is 2.41. The van der Waals surface area contributed by atoms with Crippen LogP contribution >= 0.6 is 0 Å². The Kier molecular flexibility index (Phi) is 5.55. The Morgan fingerprint density at radius 3 is 2.03 bits per heavy atom. The molecule has 152 valence electrons. The monoisotopic (exact) mass is 400 g/mol. The van der Waals surface area contributed by atoms with E-state index in [4.69, 9.17) is 0 Å². The quantitative estimate of drug-likeness (QED) is 0.409. The highest BCUT2D eigenvalue weighted by atomic mass is 16.6. The van der Waals surface area contributed by atoms with E-state index < -0.39 is 39.2 Å². The molecular formula is C20H20N2O7. The van der Waals surface area contributed by atoms with Gasteiger partial charge in [-0.05, 0) is 51.5 Å². The minimum Gasteiger partial charge on any atom is -0.481 e. The maximum absolute atomic E-state index is 12.8. The molecule has 1 heterocycles. The van der Waals surface area contributed by atoms with E-state index in [9.17, 15) is 34.7 Å². The number of carbonyl (C=O) groups excluding carboxylic acids is 1. The summed E-state index contributed by atoms with van der Waals surface area (Å²) in [7, 11) is 0. The molecule has 0 saturated heterocycles. The van der Waals surface area contributed by atoms with Gasteiger partial charge in [-0.15, -0.1) is 0 Å². The van der Waals surface area contributed by atoms with Crippen molar-refractivity contribution in [2.45, 2.75) is 38.5 Å². The van der Waals surface area contributed by atoms with Crippen molar-refractivity contribution in [3.8, 4) is 0 Å². The van der Waals surface area contributed by atoms with Crippen LogP contribution in [0.2, 0.25) is 0 Å². The first-order valence-electron chi connectivity index (χ1n) is 8.57. The highest BCUT2D eigenvalue weighted by Gasteiger charge is 2.44. The van der Waals surface area contributed by atoms with Gasteiger partial charge in [0.05, 0.1) is 21.3 Å². The number of nitro benzene ring substituents is 1. The summed E-state index contributed by atoms with van der Waals surface area (Å²) in [4.78, 5) is 51.4. The summed E-state index contributed by atoms with van der Waals surface area (Å²) in [6.07, 6.45) is 1.38. The molecule has 2 aromatic rings. The molecule has 9 nitrogen and oxygen atoms in total. The van der Waals surface area contributed by atoms with Crippen molar-refractivity contribution in [2.24, 2.45) is 0 Å². The van der Waals surface area contributed by atoms with Crippen LogP contribution in [0.1, 0.15) is 54.9 Å². The lowest BCUT2D eigenvalue weighted by molar-refractivity contribution is -0.386. The number of aromatic nitrogens is 1. The molecule has 2 N–H and O–H groups in total. The Balaban J connectivity index is 2.95. The summed E-state index contributed by atoms with van der Waals surface area (Å²) in [6, 6.07) is 6.76. The molecule has 0 saturated carbocycles. The van der Waals surface area contributed by atoms with Gasteiger partial charge < -0.3 is 10.2 Å². The lowest BCUT2D eigenvalue weighted by Crippen LogP contribution is -2.37. The lowest BCUT2D eigenvalue weighted by atomic mass is 9.71. The second-order valence-corrected chi connectivity index (χ2v) is 7.58. The molecular weight excluding hydrogens is 380 g/mol. The molecule has 0 aliphatic rings. The molecule has 0 fully saturated rings. The summed E-state index contributed by atoms with van der Waals surface area (Å²) in [5, 5.41) is 31.1. The van der Waals surface area contributed by atoms with Crippen LogP contribution in [0, 0.1) is 10.1 Å². The van der Waals surface area contributed by atoms with Gasteiger partial charge in [0.1, 0.15) is 5.69 Å². The second-order valence-electron chi connectivity index (χ2n) is 7.58. The zero-order valence-corrected chi connectivity index (χ0v) is 16.3. The molecule has 0 radical (unpaired) electrons. The number of nitro groups is 1. The van der Waals surface area contributed by atoms with Crippen LogP contribution in [0.25, 0.3) is 0 Å². The van der Waals surface area contributed by atoms with E-state index in [0.717, 1.165) is 6.07 Å². The molecule has 0 aliphatic heterocycles. The highest BCUT2D eigenvalue weighted by molar-refractivity contribution is 6.08. The summed E-state index contributed by atoms with van der Waals surface area (Å²) < 4.78 is 0. The van der Waals surface area contributed by atoms with Gasteiger partial charge in [-0.3, -0.25) is 29.5 Å². The van der Waals surface area contributed by atoms with E-state index in [1.807, 2.05) is 0 Å². The Hall–Kier alpha value is -3.62. The normalized spacial score (nSPS) is 11.7. The van der Waals surface area contributed by atoms with Gasteiger partial charge in [-0.2, -0.15) is 0 Å². The fraction of sp³-hybridized carbons (Fsp3) is 0.300. The zero-order valence-electron chi connectivity index (χ0n) is 16.3. The lowest BCUT2D eigenvalue weighted by Gasteiger charge is -2.29. The van der Waals surface area contributed by atoms with Crippen LogP contribution in [0.3, 0.4) is 0 Å². The molecule has 1 aromatic carbocycles. The standard InChI is InChI=1S/C20H20N2O7/c1-19(2,17(24)25)12-9-11(16(23)13-7-5-6-8-21-13)10-14(22(28)29)15(12)20(3,4)18(26)27/h5-10H,1-4H3,(H,24,25)(H,26,27). The summed E-state index contributed by atoms with van der Waals surface area (Å²) in [6.45, 7) is 5.09. The van der Waals surface area contributed by atoms with Gasteiger partial charge in [0, 0.05) is 17.8 Å². The number of pyridine rings is 1. The predicted octanol–water partition coefficient (Wildman–Crippen LogP) is 2.95. The predicted molar refractivity (Wildman–Crippen MR) is 102 cm³/mol. The van der Waals surface area contributed by atoms with Crippen LogP contribution in [0.5, 0.6) is 0 Å². The van der Waals surface area contributed by atoms with Crippen LogP contribution in [0.15, 0.2) is 36.5 Å². The van der Waals surface area contributed by atoms with E-state index in [2.05, 4.69) is 4.98 Å². The summed E-state index contributed by atoms with van der Waals surface area (Å²) >= 11 is 0. The number of aliphatic carboxylic acids is 2. The number of carboxylic acids is 2. The smallest absolute Gasteiger partial charge is 0.313 e. The molecule has 0 unspecified atom stereocenters. The third-order valence-corrected chi connectivity index (χ3v) is 4.84. The first-order chi connectivity index (χ1) is 13.3. The number of rotatable bonds is 7. The van der Waals surface area contributed by atoms with Crippen molar-refractivity contribution >= 4 is 23.4 Å². The molecule has 0 aliphatic carbocycles. The first-order valence-corrected chi connectivity index (χ1v) is 8.57. The maximum atomic E-state index is 12.8. The largest absolute Gasteiger partial charge is 0.481 e. The Bertz CT molecular complexity index is 1010. The third kappa shape index (κ3) is 3.84. The van der Waals surface area contributed by atoms with Gasteiger partial charge in [0.2, 0.25) is 5.78 Å². The molecule has 0 spiro atoms. The maximum Gasteiger partial charge on any atom is 0.313 e. The van der Waals surface area contributed by atoms with E-state index in [1.165, 1.54) is 46.0 Å². The number of ketones is 1. The van der Waals surface area contributed by atoms with Crippen LogP contribution < -0.4 is 0 Å². The average molecular weight is 400 g/mol. The van der Waals surface area contributed by atoms with E-state index in [1.54, 1.807) is 12.1 Å². The van der Waals surface area contributed by atoms with E-state index in [-0.39, 0.29) is 22.4 Å². The summed E-state index contributed by atoms with van der Waals surface area (Å²) in [5.74, 6) is -3.33. The number of hydrogen-bond donors (Lipinski definition) is 2. The summed E-state index contributed by atoms with van der Waals surface area (Å²) in [5.41, 5.74) is -4.63. The van der Waals surface area contributed by atoms with E-state index >= 15 is 0 Å². The number of benzene rings is 1. The Morgan fingerprint density at radius 1 is 1.00 bits per heavy atom. The second kappa shape index (κ2) is 7.42. The molecule has 1 aromatic heterocycles. The van der Waals surface area contributed by atoms with Gasteiger partial charge in [0.25, 0.3) is 5.69 Å². The fourth-order valence-electron chi connectivity index (χ4n) is 2.92. The third-order valence-electron chi connectivity index (χ3n) is 4.84. The molecule has 0 atom stereocenters. The number of hydrogen-bond acceptors (Lipinski definition) is 6. The van der Waals surface area contributed by atoms with Gasteiger partial charge in [-0.1, -0.05) is 6.07 Å². The molecule has 0 bridgehead atoms. The molecule has 2 rings (SSSR count). The van der Waals surface area contributed by atoms with Gasteiger partial charge in [-0.25, -0.2) is 0 Å². The first kappa shape index (κ1) is 21.7. The Morgan fingerprint density at radius 2 is 1.59 bits per heavy atom. The van der Waals surface area contributed by atoms with Crippen molar-refractivity contribution < 1.29 is 29.5 Å². The van der Waals surface area contributed by atoms with Gasteiger partial charge >= 0.3 is 11.9 Å². The van der Waals surface area contributed by atoms with Crippen LogP contribution in [-0.2, 0) is 20.4 Å². The number of carboxylic acid groups (broad SMARTS) is 2. The molecule has 9 heteroatoms. The fourth-order valence-corrected chi connectivity index (χ4v) is 2.92. The molecule has 29 heavy (non-hydrogen) atoms. The number of nitrogens with zero attached hydrogens (tertiary/aromatic N) is 2. The number of carbonyl (C=O) groups is 3. The van der Waals surface area contributed by atoms with Crippen molar-refractivity contribution in [3.63, 3.8) is 0 Å². The van der Waals surface area contributed by atoms with Crippen molar-refractivity contribution in [1.29, 1.82) is 0 Å². The van der Waals surface area contributed by atoms with Crippen molar-refractivity contribution in [3.05, 3.63) is 69.0 Å². The van der Waals surface area contributed by atoms with Crippen molar-refractivity contribution in [2.75, 3.05) is 0 Å². The molecule has 0 amide bonds. The minimum absolute atomic E-state index is 0.0196. The zero-order chi connectivity index (χ0) is 22.1. The van der Waals surface area contributed by atoms with E-state index in [0.29, 0.717) is 0 Å². The van der Waals surface area contributed by atoms with Gasteiger partial charge in [0.15, 0.2) is 0 Å². The minimum atomic E-state index is -1.78. The Labute approximate surface area is 166 Å². The van der Waals surface area contributed by atoms with Crippen molar-refractivity contribution in [1.82, 2.24) is 4.98 Å². The topological polar surface area (TPSA) is 148 Å². The van der Waals surface area contributed by atoms with Crippen LogP contribution in [0.4, 0.5) is 5.69 Å². The van der Waals surface area contributed by atoms with Crippen LogP contribution in [-0.4, -0.2) is 37.8 Å².